The Kier molecular flexibility index (Phi) is 5.93. The maximum Gasteiger partial charge on any atom is 0.237 e. The first-order valence-corrected chi connectivity index (χ1v) is 9.16. The molecule has 1 aliphatic rings. The number of carbonyl (C=O) groups is 1. The van der Waals surface area contributed by atoms with Gasteiger partial charge in [-0.2, -0.15) is 5.26 Å². The SMILES string of the molecule is N#CC1CCCN1C(=O)CNCCNc1nc(-c2ccccn2)cs1. The molecule has 3 heterocycles. The van der Waals surface area contributed by atoms with Crippen LogP contribution in [0, 0.1) is 11.3 Å². The van der Waals surface area contributed by atoms with Crippen LogP contribution in [0.25, 0.3) is 11.4 Å². The summed E-state index contributed by atoms with van der Waals surface area (Å²) in [6.07, 6.45) is 3.45. The van der Waals surface area contributed by atoms with E-state index in [9.17, 15) is 4.79 Å². The van der Waals surface area contributed by atoms with E-state index in [1.165, 1.54) is 11.3 Å². The Morgan fingerprint density at radius 3 is 3.12 bits per heavy atom. The van der Waals surface area contributed by atoms with Gasteiger partial charge in [-0.1, -0.05) is 6.07 Å². The van der Waals surface area contributed by atoms with Crippen LogP contribution in [0.5, 0.6) is 0 Å². The number of nitrogens with zero attached hydrogens (tertiary/aromatic N) is 4. The number of anilines is 1. The maximum absolute atomic E-state index is 12.1. The van der Waals surface area contributed by atoms with Crippen molar-refractivity contribution in [3.63, 3.8) is 0 Å². The molecular formula is C17H20N6OS. The summed E-state index contributed by atoms with van der Waals surface area (Å²) in [6.45, 7) is 2.27. The molecule has 1 atom stereocenters. The van der Waals surface area contributed by atoms with Gasteiger partial charge in [0.25, 0.3) is 0 Å². The van der Waals surface area contributed by atoms with Crippen LogP contribution in [-0.2, 0) is 4.79 Å². The standard InChI is InChI=1S/C17H20N6OS/c18-10-13-4-3-9-23(13)16(24)11-19-7-8-21-17-22-15(12-25-17)14-5-1-2-6-20-14/h1-2,5-6,12-13,19H,3-4,7-9,11H2,(H,21,22). The number of hydrogen-bond acceptors (Lipinski definition) is 7. The number of nitriles is 1. The van der Waals surface area contributed by atoms with Gasteiger partial charge in [-0.15, -0.1) is 11.3 Å². The molecule has 1 fully saturated rings. The molecule has 0 saturated carbocycles. The van der Waals surface area contributed by atoms with E-state index < -0.39 is 0 Å². The molecule has 130 valence electrons. The summed E-state index contributed by atoms with van der Waals surface area (Å²) >= 11 is 1.53. The maximum atomic E-state index is 12.1. The molecule has 7 nitrogen and oxygen atoms in total. The summed E-state index contributed by atoms with van der Waals surface area (Å²) in [5, 5.41) is 18.2. The van der Waals surface area contributed by atoms with Crippen molar-refractivity contribution >= 4 is 22.4 Å². The Morgan fingerprint density at radius 1 is 1.40 bits per heavy atom. The highest BCUT2D eigenvalue weighted by Gasteiger charge is 2.27. The second-order valence-electron chi connectivity index (χ2n) is 5.73. The van der Waals surface area contributed by atoms with Gasteiger partial charge in [-0.05, 0) is 25.0 Å². The Balaban J connectivity index is 1.37. The molecule has 3 rings (SSSR count). The molecule has 0 bridgehead atoms. The lowest BCUT2D eigenvalue weighted by Crippen LogP contribution is -2.41. The number of aromatic nitrogens is 2. The second kappa shape index (κ2) is 8.55. The predicted octanol–water partition coefficient (Wildman–Crippen LogP) is 1.72. The minimum Gasteiger partial charge on any atom is -0.360 e. The van der Waals surface area contributed by atoms with Crippen molar-refractivity contribution in [1.82, 2.24) is 20.2 Å². The minimum atomic E-state index is -0.257. The van der Waals surface area contributed by atoms with Crippen molar-refractivity contribution in [2.45, 2.75) is 18.9 Å². The highest BCUT2D eigenvalue weighted by atomic mass is 32.1. The average Bonchev–Trinajstić information content (AvgIpc) is 3.31. The van der Waals surface area contributed by atoms with Crippen molar-refractivity contribution in [1.29, 1.82) is 5.26 Å². The predicted molar refractivity (Wildman–Crippen MR) is 97.1 cm³/mol. The van der Waals surface area contributed by atoms with Crippen molar-refractivity contribution in [2.24, 2.45) is 0 Å². The van der Waals surface area contributed by atoms with E-state index in [-0.39, 0.29) is 18.5 Å². The Morgan fingerprint density at radius 2 is 2.32 bits per heavy atom. The van der Waals surface area contributed by atoms with E-state index in [2.05, 4.69) is 26.7 Å². The second-order valence-corrected chi connectivity index (χ2v) is 6.59. The molecule has 1 saturated heterocycles. The number of rotatable bonds is 7. The highest BCUT2D eigenvalue weighted by molar-refractivity contribution is 7.14. The summed E-state index contributed by atoms with van der Waals surface area (Å²) in [5.41, 5.74) is 1.71. The molecule has 2 N–H and O–H groups in total. The molecule has 1 aliphatic heterocycles. The molecular weight excluding hydrogens is 336 g/mol. The number of nitrogens with one attached hydrogen (secondary N) is 2. The Labute approximate surface area is 150 Å². The van der Waals surface area contributed by atoms with Crippen molar-refractivity contribution in [3.8, 4) is 17.5 Å². The number of thiazole rings is 1. The average molecular weight is 356 g/mol. The van der Waals surface area contributed by atoms with Gasteiger partial charge in [0.15, 0.2) is 5.13 Å². The molecule has 2 aromatic heterocycles. The highest BCUT2D eigenvalue weighted by Crippen LogP contribution is 2.22. The fourth-order valence-corrected chi connectivity index (χ4v) is 3.47. The number of hydrogen-bond donors (Lipinski definition) is 2. The van der Waals surface area contributed by atoms with Crippen LogP contribution in [0.3, 0.4) is 0 Å². The quantitative estimate of drug-likeness (QED) is 0.734. The zero-order chi connectivity index (χ0) is 17.5. The van der Waals surface area contributed by atoms with Crippen LogP contribution in [-0.4, -0.2) is 53.0 Å². The van der Waals surface area contributed by atoms with Crippen LogP contribution < -0.4 is 10.6 Å². The Hall–Kier alpha value is -2.50. The number of amides is 1. The molecule has 0 spiro atoms. The number of pyridine rings is 1. The fourth-order valence-electron chi connectivity index (χ4n) is 2.74. The van der Waals surface area contributed by atoms with Gasteiger partial charge in [-0.3, -0.25) is 9.78 Å². The van der Waals surface area contributed by atoms with E-state index in [1.807, 2.05) is 23.6 Å². The van der Waals surface area contributed by atoms with E-state index >= 15 is 0 Å². The number of likely N-dealkylation sites (tertiary alicyclic amines) is 1. The third kappa shape index (κ3) is 4.53. The van der Waals surface area contributed by atoms with Gasteiger partial charge in [0.05, 0.1) is 18.3 Å². The largest absolute Gasteiger partial charge is 0.360 e. The van der Waals surface area contributed by atoms with Gasteiger partial charge in [0.1, 0.15) is 11.7 Å². The van der Waals surface area contributed by atoms with Gasteiger partial charge < -0.3 is 15.5 Å². The van der Waals surface area contributed by atoms with Crippen LogP contribution >= 0.6 is 11.3 Å². The normalized spacial score (nSPS) is 16.6. The zero-order valence-corrected chi connectivity index (χ0v) is 14.6. The topological polar surface area (TPSA) is 93.9 Å². The smallest absolute Gasteiger partial charge is 0.237 e. The van der Waals surface area contributed by atoms with Crippen molar-refractivity contribution in [2.75, 3.05) is 31.5 Å². The van der Waals surface area contributed by atoms with Crippen LogP contribution in [0.2, 0.25) is 0 Å². The Bertz CT molecular complexity index is 741. The van der Waals surface area contributed by atoms with Gasteiger partial charge in [0.2, 0.25) is 5.91 Å². The van der Waals surface area contributed by atoms with E-state index in [0.717, 1.165) is 29.4 Å². The minimum absolute atomic E-state index is 0.00395. The summed E-state index contributed by atoms with van der Waals surface area (Å²) in [6, 6.07) is 7.67. The van der Waals surface area contributed by atoms with E-state index in [0.29, 0.717) is 19.6 Å². The van der Waals surface area contributed by atoms with Gasteiger partial charge in [0, 0.05) is 31.2 Å². The molecule has 0 aliphatic carbocycles. The fraction of sp³-hybridized carbons (Fsp3) is 0.412. The first kappa shape index (κ1) is 17.3. The lowest BCUT2D eigenvalue weighted by Gasteiger charge is -2.19. The van der Waals surface area contributed by atoms with Gasteiger partial charge in [-0.25, -0.2) is 4.98 Å². The van der Waals surface area contributed by atoms with E-state index in [4.69, 9.17) is 5.26 Å². The lowest BCUT2D eigenvalue weighted by atomic mass is 10.2. The molecule has 0 aromatic carbocycles. The summed E-state index contributed by atoms with van der Waals surface area (Å²) in [7, 11) is 0. The summed E-state index contributed by atoms with van der Waals surface area (Å²) in [5.74, 6) is -0.00395. The van der Waals surface area contributed by atoms with E-state index in [1.54, 1.807) is 11.1 Å². The summed E-state index contributed by atoms with van der Waals surface area (Å²) < 4.78 is 0. The molecule has 2 aromatic rings. The molecule has 1 amide bonds. The zero-order valence-electron chi connectivity index (χ0n) is 13.8. The molecule has 8 heteroatoms. The first-order valence-electron chi connectivity index (χ1n) is 8.28. The summed E-state index contributed by atoms with van der Waals surface area (Å²) in [4.78, 5) is 22.5. The van der Waals surface area contributed by atoms with Gasteiger partial charge >= 0.3 is 0 Å². The monoisotopic (exact) mass is 356 g/mol. The van der Waals surface area contributed by atoms with Crippen LogP contribution in [0.1, 0.15) is 12.8 Å². The third-order valence-electron chi connectivity index (χ3n) is 4.01. The third-order valence-corrected chi connectivity index (χ3v) is 4.81. The van der Waals surface area contributed by atoms with Crippen LogP contribution in [0.4, 0.5) is 5.13 Å². The molecule has 0 radical (unpaired) electrons. The lowest BCUT2D eigenvalue weighted by molar-refractivity contribution is -0.130. The van der Waals surface area contributed by atoms with Crippen LogP contribution in [0.15, 0.2) is 29.8 Å². The van der Waals surface area contributed by atoms with Crippen molar-refractivity contribution in [3.05, 3.63) is 29.8 Å². The van der Waals surface area contributed by atoms with Crippen molar-refractivity contribution < 1.29 is 4.79 Å². The molecule has 25 heavy (non-hydrogen) atoms. The molecule has 1 unspecified atom stereocenters. The number of carbonyl (C=O) groups excluding carboxylic acids is 1. The first-order chi connectivity index (χ1) is 12.3.